The average molecular weight is 444 g/mol. The Balaban J connectivity index is 0.00000245. The summed E-state index contributed by atoms with van der Waals surface area (Å²) in [6.45, 7) is 2.07. The van der Waals surface area contributed by atoms with Gasteiger partial charge in [-0.25, -0.2) is 4.68 Å². The van der Waals surface area contributed by atoms with Crippen LogP contribution in [-0.2, 0) is 0 Å². The molecule has 0 radical (unpaired) electrons. The van der Waals surface area contributed by atoms with E-state index >= 15 is 0 Å². The Kier molecular flexibility index (Phi) is 6.05. The maximum atomic E-state index is 12.6. The molecule has 1 aliphatic heterocycles. The monoisotopic (exact) mass is 443 g/mol. The van der Waals surface area contributed by atoms with Crippen LogP contribution in [0.15, 0.2) is 91.0 Å². The number of aromatic nitrogens is 3. The summed E-state index contributed by atoms with van der Waals surface area (Å²) in [6, 6.07) is 27.3. The molecule has 4 aromatic rings. The van der Waals surface area contributed by atoms with Gasteiger partial charge in [0.25, 0.3) is 11.9 Å². The standard InChI is InChI=1S/C25H21N5O.ClH/c1-17-12-14-18(15-13-17)21-16-22(19-8-4-2-5-9-19)30-25(26-21)28-24(29-30)27-23(31)20-10-6-3-7-11-20;/h2-16,22H,1H3,(H2,26,27,28,29,31);1H. The second kappa shape index (κ2) is 9.08. The number of fused-ring (bicyclic) bond motifs is 1. The van der Waals surface area contributed by atoms with Gasteiger partial charge in [-0.3, -0.25) is 10.1 Å². The molecule has 1 atom stereocenters. The summed E-state index contributed by atoms with van der Waals surface area (Å²) < 4.78 is 1.80. The van der Waals surface area contributed by atoms with E-state index in [0.29, 0.717) is 11.5 Å². The van der Waals surface area contributed by atoms with Crippen molar-refractivity contribution in [2.24, 2.45) is 0 Å². The van der Waals surface area contributed by atoms with Gasteiger partial charge in [-0.05, 0) is 36.3 Å². The quantitative estimate of drug-likeness (QED) is 0.448. The van der Waals surface area contributed by atoms with Crippen molar-refractivity contribution in [3.63, 3.8) is 0 Å². The zero-order valence-electron chi connectivity index (χ0n) is 17.4. The number of carbonyl (C=O) groups excluding carboxylic acids is 1. The number of aryl methyl sites for hydroxylation is 1. The van der Waals surface area contributed by atoms with Crippen LogP contribution >= 0.6 is 12.4 Å². The molecule has 5 rings (SSSR count). The fourth-order valence-corrected chi connectivity index (χ4v) is 3.60. The molecule has 32 heavy (non-hydrogen) atoms. The van der Waals surface area contributed by atoms with Gasteiger partial charge >= 0.3 is 0 Å². The first-order valence-electron chi connectivity index (χ1n) is 10.1. The van der Waals surface area contributed by atoms with Crippen molar-refractivity contribution in [2.45, 2.75) is 13.0 Å². The molecule has 0 fully saturated rings. The fraction of sp³-hybridized carbons (Fsp3) is 0.0800. The van der Waals surface area contributed by atoms with E-state index < -0.39 is 0 Å². The van der Waals surface area contributed by atoms with Crippen LogP contribution in [0.5, 0.6) is 0 Å². The van der Waals surface area contributed by atoms with Crippen LogP contribution < -0.4 is 10.6 Å². The summed E-state index contributed by atoms with van der Waals surface area (Å²) in [4.78, 5) is 17.1. The lowest BCUT2D eigenvalue weighted by Crippen LogP contribution is -2.20. The van der Waals surface area contributed by atoms with Crippen molar-refractivity contribution in [3.8, 4) is 0 Å². The van der Waals surface area contributed by atoms with Crippen LogP contribution in [0.4, 0.5) is 11.9 Å². The molecule has 0 bridgehead atoms. The second-order valence-electron chi connectivity index (χ2n) is 7.45. The molecule has 6 nitrogen and oxygen atoms in total. The second-order valence-corrected chi connectivity index (χ2v) is 7.45. The van der Waals surface area contributed by atoms with Crippen LogP contribution in [0, 0.1) is 6.92 Å². The van der Waals surface area contributed by atoms with E-state index in [4.69, 9.17) is 0 Å². The van der Waals surface area contributed by atoms with Gasteiger partial charge in [-0.2, -0.15) is 4.98 Å². The van der Waals surface area contributed by atoms with E-state index in [1.165, 1.54) is 5.56 Å². The Morgan fingerprint density at radius 3 is 2.28 bits per heavy atom. The lowest BCUT2D eigenvalue weighted by molar-refractivity contribution is 0.102. The van der Waals surface area contributed by atoms with Crippen molar-refractivity contribution < 1.29 is 4.79 Å². The number of nitrogens with one attached hydrogen (secondary N) is 2. The predicted molar refractivity (Wildman–Crippen MR) is 129 cm³/mol. The average Bonchev–Trinajstić information content (AvgIpc) is 3.22. The highest BCUT2D eigenvalue weighted by atomic mass is 35.5. The molecule has 7 heteroatoms. The lowest BCUT2D eigenvalue weighted by atomic mass is 10.0. The van der Waals surface area contributed by atoms with Crippen LogP contribution in [0.25, 0.3) is 5.70 Å². The Bertz CT molecular complexity index is 1250. The first-order valence-corrected chi connectivity index (χ1v) is 10.1. The van der Waals surface area contributed by atoms with Crippen molar-refractivity contribution in [3.05, 3.63) is 113 Å². The Hall–Kier alpha value is -3.90. The number of anilines is 2. The smallest absolute Gasteiger partial charge is 0.258 e. The molecule has 0 saturated carbocycles. The third kappa shape index (κ3) is 4.26. The molecule has 1 unspecified atom stereocenters. The lowest BCUT2D eigenvalue weighted by Gasteiger charge is -2.24. The summed E-state index contributed by atoms with van der Waals surface area (Å²) in [5.74, 6) is 0.595. The molecule has 2 N–H and O–H groups in total. The highest BCUT2D eigenvalue weighted by molar-refractivity contribution is 6.03. The maximum Gasteiger partial charge on any atom is 0.258 e. The van der Waals surface area contributed by atoms with Crippen molar-refractivity contribution >= 4 is 35.9 Å². The summed E-state index contributed by atoms with van der Waals surface area (Å²) in [7, 11) is 0. The third-order valence-electron chi connectivity index (χ3n) is 5.23. The molecule has 0 spiro atoms. The molecule has 160 valence electrons. The normalized spacial score (nSPS) is 14.4. The van der Waals surface area contributed by atoms with Crippen LogP contribution in [0.2, 0.25) is 0 Å². The van der Waals surface area contributed by atoms with Gasteiger partial charge in [0.1, 0.15) is 6.04 Å². The first-order chi connectivity index (χ1) is 15.2. The Labute approximate surface area is 192 Å². The topological polar surface area (TPSA) is 71.8 Å². The minimum Gasteiger partial charge on any atom is -0.324 e. The molecular weight excluding hydrogens is 422 g/mol. The van der Waals surface area contributed by atoms with Crippen molar-refractivity contribution in [1.82, 2.24) is 14.8 Å². The molecular formula is C25H22ClN5O. The zero-order valence-corrected chi connectivity index (χ0v) is 18.2. The van der Waals surface area contributed by atoms with E-state index in [9.17, 15) is 4.79 Å². The van der Waals surface area contributed by atoms with E-state index in [1.54, 1.807) is 16.8 Å². The van der Waals surface area contributed by atoms with Gasteiger partial charge in [0, 0.05) is 11.3 Å². The summed E-state index contributed by atoms with van der Waals surface area (Å²) in [6.07, 6.45) is 2.13. The molecule has 1 aliphatic rings. The first kappa shape index (κ1) is 21.3. The van der Waals surface area contributed by atoms with Crippen molar-refractivity contribution in [1.29, 1.82) is 0 Å². The fourth-order valence-electron chi connectivity index (χ4n) is 3.60. The van der Waals surface area contributed by atoms with E-state index in [1.807, 2.05) is 36.4 Å². The van der Waals surface area contributed by atoms with Crippen LogP contribution in [0.1, 0.15) is 33.1 Å². The summed E-state index contributed by atoms with van der Waals surface area (Å²) in [5.41, 5.74) is 4.86. The summed E-state index contributed by atoms with van der Waals surface area (Å²) >= 11 is 0. The van der Waals surface area contributed by atoms with E-state index in [0.717, 1.165) is 16.8 Å². The van der Waals surface area contributed by atoms with Gasteiger partial charge in [-0.15, -0.1) is 17.5 Å². The minimum atomic E-state index is -0.244. The van der Waals surface area contributed by atoms with Gasteiger partial charge in [-0.1, -0.05) is 78.4 Å². The number of rotatable bonds is 4. The van der Waals surface area contributed by atoms with Crippen LogP contribution in [0.3, 0.4) is 0 Å². The third-order valence-corrected chi connectivity index (χ3v) is 5.23. The summed E-state index contributed by atoms with van der Waals surface area (Å²) in [5, 5.41) is 10.8. The molecule has 0 saturated heterocycles. The maximum absolute atomic E-state index is 12.6. The number of amides is 1. The van der Waals surface area contributed by atoms with Gasteiger partial charge in [0.15, 0.2) is 0 Å². The van der Waals surface area contributed by atoms with Gasteiger partial charge in [0.2, 0.25) is 5.95 Å². The number of benzene rings is 3. The number of allylic oxidation sites excluding steroid dienone is 1. The van der Waals surface area contributed by atoms with Gasteiger partial charge < -0.3 is 5.32 Å². The molecule has 2 heterocycles. The number of halogens is 1. The molecule has 1 amide bonds. The van der Waals surface area contributed by atoms with Gasteiger partial charge in [0.05, 0.1) is 0 Å². The van der Waals surface area contributed by atoms with E-state index in [2.05, 4.69) is 70.1 Å². The zero-order chi connectivity index (χ0) is 21.2. The Morgan fingerprint density at radius 2 is 1.59 bits per heavy atom. The largest absolute Gasteiger partial charge is 0.324 e. The highest BCUT2D eigenvalue weighted by Gasteiger charge is 2.25. The number of carbonyl (C=O) groups is 1. The Morgan fingerprint density at radius 1 is 0.938 bits per heavy atom. The number of hydrogen-bond donors (Lipinski definition) is 2. The minimum absolute atomic E-state index is 0. The van der Waals surface area contributed by atoms with Crippen molar-refractivity contribution in [2.75, 3.05) is 10.6 Å². The highest BCUT2D eigenvalue weighted by Crippen LogP contribution is 2.33. The van der Waals surface area contributed by atoms with Crippen LogP contribution in [-0.4, -0.2) is 20.7 Å². The number of nitrogens with zero attached hydrogens (tertiary/aromatic N) is 3. The molecule has 3 aromatic carbocycles. The SMILES string of the molecule is Cc1ccc(C2=CC(c3ccccc3)n3nc(NC(=O)c4ccccc4)nc3N2)cc1.Cl. The number of hydrogen-bond acceptors (Lipinski definition) is 4. The van der Waals surface area contributed by atoms with E-state index in [-0.39, 0.29) is 30.3 Å². The molecule has 1 aromatic heterocycles. The predicted octanol–water partition coefficient (Wildman–Crippen LogP) is 5.32. The molecule has 0 aliphatic carbocycles.